The number of alkyl halides is 1. The molecule has 0 aliphatic carbocycles. The van der Waals surface area contributed by atoms with Gasteiger partial charge in [-0.05, 0) is 12.8 Å². The van der Waals surface area contributed by atoms with Crippen molar-refractivity contribution in [3.05, 3.63) is 0 Å². The molecule has 0 fully saturated rings. The summed E-state index contributed by atoms with van der Waals surface area (Å²) in [4.78, 5) is 10.8. The third kappa shape index (κ3) is 3.52. The first-order valence-corrected chi connectivity index (χ1v) is 3.82. The topological polar surface area (TPSA) is 17.1 Å². The van der Waals surface area contributed by atoms with Crippen molar-refractivity contribution in [3.8, 4) is 0 Å². The highest BCUT2D eigenvalue weighted by Crippen LogP contribution is 2.05. The summed E-state index contributed by atoms with van der Waals surface area (Å²) in [7, 11) is 0. The van der Waals surface area contributed by atoms with Crippen molar-refractivity contribution < 1.29 is 4.79 Å². The Hall–Kier alpha value is -0.0400. The van der Waals surface area contributed by atoms with Crippen LogP contribution in [0.4, 0.5) is 0 Å². The van der Waals surface area contributed by atoms with Gasteiger partial charge in [-0.1, -0.05) is 13.8 Å². The van der Waals surface area contributed by atoms with Gasteiger partial charge in [-0.25, -0.2) is 0 Å². The molecule has 2 heteroatoms. The SMILES string of the molecule is CCCC(=O)[C@@H](Cl)CC. The Bertz CT molecular complexity index is 90.9. The van der Waals surface area contributed by atoms with Crippen LogP contribution in [0, 0.1) is 0 Å². The Morgan fingerprint density at radius 2 is 2.11 bits per heavy atom. The number of hydrogen-bond donors (Lipinski definition) is 0. The Morgan fingerprint density at radius 3 is 2.44 bits per heavy atom. The van der Waals surface area contributed by atoms with Crippen LogP contribution in [-0.4, -0.2) is 11.2 Å². The van der Waals surface area contributed by atoms with Crippen molar-refractivity contribution in [2.24, 2.45) is 0 Å². The van der Waals surface area contributed by atoms with E-state index in [2.05, 4.69) is 0 Å². The Kier molecular flexibility index (Phi) is 4.78. The summed E-state index contributed by atoms with van der Waals surface area (Å²) in [5, 5.41) is -0.245. The minimum atomic E-state index is -0.245. The summed E-state index contributed by atoms with van der Waals surface area (Å²) < 4.78 is 0. The predicted molar refractivity (Wildman–Crippen MR) is 39.8 cm³/mol. The van der Waals surface area contributed by atoms with E-state index in [0.29, 0.717) is 6.42 Å². The molecule has 0 unspecified atom stereocenters. The molecule has 1 atom stereocenters. The van der Waals surface area contributed by atoms with Crippen LogP contribution in [0.2, 0.25) is 0 Å². The van der Waals surface area contributed by atoms with E-state index in [1.165, 1.54) is 0 Å². The molecule has 0 aliphatic rings. The molecule has 0 aliphatic heterocycles. The molecule has 0 aromatic heterocycles. The molecule has 0 rings (SSSR count). The molecule has 0 spiro atoms. The quantitative estimate of drug-likeness (QED) is 0.560. The van der Waals surface area contributed by atoms with E-state index in [1.807, 2.05) is 13.8 Å². The highest BCUT2D eigenvalue weighted by molar-refractivity contribution is 6.31. The van der Waals surface area contributed by atoms with Crippen molar-refractivity contribution in [2.75, 3.05) is 0 Å². The summed E-state index contributed by atoms with van der Waals surface area (Å²) in [6.45, 7) is 3.91. The van der Waals surface area contributed by atoms with Gasteiger partial charge in [-0.15, -0.1) is 11.6 Å². The molecule has 0 bridgehead atoms. The molecule has 0 radical (unpaired) electrons. The average molecular weight is 149 g/mol. The molecule has 0 saturated heterocycles. The van der Waals surface area contributed by atoms with Gasteiger partial charge in [0.15, 0.2) is 5.78 Å². The van der Waals surface area contributed by atoms with Crippen molar-refractivity contribution in [2.45, 2.75) is 38.5 Å². The molecule has 0 aromatic rings. The summed E-state index contributed by atoms with van der Waals surface area (Å²) in [5.41, 5.74) is 0. The van der Waals surface area contributed by atoms with Gasteiger partial charge in [0.2, 0.25) is 0 Å². The molecule has 54 valence electrons. The van der Waals surface area contributed by atoms with Crippen molar-refractivity contribution in [1.82, 2.24) is 0 Å². The maximum Gasteiger partial charge on any atom is 0.150 e. The largest absolute Gasteiger partial charge is 0.298 e. The average Bonchev–Trinajstić information content (AvgIpc) is 1.87. The molecular weight excluding hydrogens is 136 g/mol. The van der Waals surface area contributed by atoms with Crippen LogP contribution in [0.25, 0.3) is 0 Å². The number of carbonyl (C=O) groups excluding carboxylic acids is 1. The first kappa shape index (κ1) is 8.96. The van der Waals surface area contributed by atoms with Crippen molar-refractivity contribution in [3.63, 3.8) is 0 Å². The number of carbonyl (C=O) groups is 1. The van der Waals surface area contributed by atoms with Crippen LogP contribution in [0.3, 0.4) is 0 Å². The molecule has 0 N–H and O–H groups in total. The third-order valence-electron chi connectivity index (χ3n) is 1.20. The van der Waals surface area contributed by atoms with Crippen LogP contribution in [0.5, 0.6) is 0 Å². The van der Waals surface area contributed by atoms with E-state index in [-0.39, 0.29) is 11.2 Å². The fourth-order valence-electron chi connectivity index (χ4n) is 0.631. The number of Topliss-reactive ketones (excluding diaryl/α,β-unsaturated/α-hetero) is 1. The summed E-state index contributed by atoms with van der Waals surface area (Å²) >= 11 is 5.64. The highest BCUT2D eigenvalue weighted by Gasteiger charge is 2.10. The molecule has 1 nitrogen and oxygen atoms in total. The van der Waals surface area contributed by atoms with Crippen LogP contribution in [0.1, 0.15) is 33.1 Å². The number of ketones is 1. The number of hydrogen-bond acceptors (Lipinski definition) is 1. The predicted octanol–water partition coefficient (Wildman–Crippen LogP) is 2.37. The fourth-order valence-corrected chi connectivity index (χ4v) is 0.740. The van der Waals surface area contributed by atoms with Crippen molar-refractivity contribution in [1.29, 1.82) is 0 Å². The lowest BCUT2D eigenvalue weighted by atomic mass is 10.1. The highest BCUT2D eigenvalue weighted by atomic mass is 35.5. The van der Waals surface area contributed by atoms with Crippen LogP contribution >= 0.6 is 11.6 Å². The van der Waals surface area contributed by atoms with Gasteiger partial charge < -0.3 is 0 Å². The van der Waals surface area contributed by atoms with Gasteiger partial charge in [0.1, 0.15) is 0 Å². The van der Waals surface area contributed by atoms with Gasteiger partial charge in [-0.2, -0.15) is 0 Å². The maximum absolute atomic E-state index is 10.8. The monoisotopic (exact) mass is 148 g/mol. The summed E-state index contributed by atoms with van der Waals surface area (Å²) in [6.07, 6.45) is 2.28. The number of halogens is 1. The minimum absolute atomic E-state index is 0.182. The van der Waals surface area contributed by atoms with E-state index in [0.717, 1.165) is 12.8 Å². The molecule has 0 aromatic carbocycles. The Balaban J connectivity index is 3.46. The normalized spacial score (nSPS) is 13.2. The lowest BCUT2D eigenvalue weighted by Crippen LogP contribution is -2.11. The Morgan fingerprint density at radius 1 is 1.56 bits per heavy atom. The second kappa shape index (κ2) is 4.80. The van der Waals surface area contributed by atoms with Gasteiger partial charge >= 0.3 is 0 Å². The lowest BCUT2D eigenvalue weighted by molar-refractivity contribution is -0.118. The lowest BCUT2D eigenvalue weighted by Gasteiger charge is -2.01. The molecule has 0 amide bonds. The molecule has 0 saturated carbocycles. The van der Waals surface area contributed by atoms with Crippen LogP contribution < -0.4 is 0 Å². The zero-order valence-electron chi connectivity index (χ0n) is 5.98. The maximum atomic E-state index is 10.8. The van der Waals surface area contributed by atoms with E-state index in [9.17, 15) is 4.79 Å². The molecular formula is C7H13ClO. The smallest absolute Gasteiger partial charge is 0.150 e. The third-order valence-corrected chi connectivity index (χ3v) is 1.76. The van der Waals surface area contributed by atoms with Crippen LogP contribution in [-0.2, 0) is 4.79 Å². The zero-order valence-corrected chi connectivity index (χ0v) is 6.74. The standard InChI is InChI=1S/C7H13ClO/c1-3-5-7(9)6(8)4-2/h6H,3-5H2,1-2H3/t6-/m0/s1. The zero-order chi connectivity index (χ0) is 7.28. The van der Waals surface area contributed by atoms with Gasteiger partial charge in [0, 0.05) is 6.42 Å². The molecule has 0 heterocycles. The first-order valence-electron chi connectivity index (χ1n) is 3.39. The number of rotatable bonds is 4. The second-order valence-corrected chi connectivity index (χ2v) is 2.62. The first-order chi connectivity index (χ1) is 4.22. The summed E-state index contributed by atoms with van der Waals surface area (Å²) in [6, 6.07) is 0. The Labute approximate surface area is 61.4 Å². The van der Waals surface area contributed by atoms with E-state index in [1.54, 1.807) is 0 Å². The van der Waals surface area contributed by atoms with Gasteiger partial charge in [-0.3, -0.25) is 4.79 Å². The van der Waals surface area contributed by atoms with Crippen molar-refractivity contribution >= 4 is 17.4 Å². The van der Waals surface area contributed by atoms with E-state index in [4.69, 9.17) is 11.6 Å². The van der Waals surface area contributed by atoms with Gasteiger partial charge in [0.05, 0.1) is 5.38 Å². The van der Waals surface area contributed by atoms with E-state index < -0.39 is 0 Å². The minimum Gasteiger partial charge on any atom is -0.298 e. The second-order valence-electron chi connectivity index (χ2n) is 2.09. The molecule has 9 heavy (non-hydrogen) atoms. The van der Waals surface area contributed by atoms with E-state index >= 15 is 0 Å². The fraction of sp³-hybridized carbons (Fsp3) is 0.857. The van der Waals surface area contributed by atoms with Crippen LogP contribution in [0.15, 0.2) is 0 Å². The van der Waals surface area contributed by atoms with Gasteiger partial charge in [0.25, 0.3) is 0 Å². The summed E-state index contributed by atoms with van der Waals surface area (Å²) in [5.74, 6) is 0.182.